The highest BCUT2D eigenvalue weighted by molar-refractivity contribution is 5.71. The number of unbranched alkanes of at least 4 members (excludes halogenated alkanes) is 34. The molecule has 0 amide bonds. The Kier molecular flexibility index (Phi) is 55.0. The van der Waals surface area contributed by atoms with E-state index in [0.29, 0.717) is 6.42 Å². The van der Waals surface area contributed by atoms with Gasteiger partial charge in [0.2, 0.25) is 0 Å². The van der Waals surface area contributed by atoms with Crippen LogP contribution in [0.15, 0.2) is 36.5 Å². The van der Waals surface area contributed by atoms with Gasteiger partial charge in [-0.1, -0.05) is 211 Å². The van der Waals surface area contributed by atoms with Gasteiger partial charge in [-0.25, -0.2) is 0 Å². The Morgan fingerprint density at radius 3 is 0.720 bits per heavy atom. The lowest BCUT2D eigenvalue weighted by Crippen LogP contribution is -2.44. The lowest BCUT2D eigenvalue weighted by molar-refractivity contribution is -0.170. The monoisotopic (exact) mass is 1060 g/mol. The fourth-order valence-corrected chi connectivity index (χ4v) is 9.19. The molecule has 0 aliphatic rings. The van der Waals surface area contributed by atoms with Gasteiger partial charge < -0.3 is 23.8 Å². The largest absolute Gasteiger partial charge is 0.465 e. The Balaban J connectivity index is 5.33. The van der Waals surface area contributed by atoms with Crippen molar-refractivity contribution < 1.29 is 38.1 Å². The first-order valence-corrected chi connectivity index (χ1v) is 31.9. The van der Waals surface area contributed by atoms with E-state index in [1.54, 1.807) is 0 Å². The van der Waals surface area contributed by atoms with Gasteiger partial charge in [0, 0.05) is 25.7 Å². The summed E-state index contributed by atoms with van der Waals surface area (Å²) in [4.78, 5) is 54.9. The average Bonchev–Trinajstić information content (AvgIpc) is 3.40. The Morgan fingerprint density at radius 1 is 0.293 bits per heavy atom. The summed E-state index contributed by atoms with van der Waals surface area (Å²) >= 11 is 0. The second kappa shape index (κ2) is 57.2. The first kappa shape index (κ1) is 72.1. The quantitative estimate of drug-likeness (QED) is 0.0255. The maximum absolute atomic E-state index is 13.2. The number of hydrogen-bond donors (Lipinski definition) is 0. The molecule has 75 heavy (non-hydrogen) atoms. The maximum atomic E-state index is 13.2. The summed E-state index contributed by atoms with van der Waals surface area (Å²) in [6, 6.07) is 0. The second-order valence-corrected chi connectivity index (χ2v) is 22.4. The fraction of sp³-hybridized carbons (Fsp3) is 0.848. The van der Waals surface area contributed by atoms with Gasteiger partial charge in [0.25, 0.3) is 0 Å². The minimum absolute atomic E-state index is 0.188. The van der Waals surface area contributed by atoms with E-state index in [1.807, 2.05) is 14.1 Å². The van der Waals surface area contributed by atoms with E-state index >= 15 is 0 Å². The number of carbonyl (C=O) groups excluding carboxylic acids is 4. The molecule has 0 aromatic carbocycles. The van der Waals surface area contributed by atoms with Gasteiger partial charge in [-0.15, -0.1) is 0 Å². The Labute approximate surface area is 463 Å². The van der Waals surface area contributed by atoms with Crippen molar-refractivity contribution in [2.45, 2.75) is 310 Å². The molecule has 0 atom stereocenters. The van der Waals surface area contributed by atoms with Crippen molar-refractivity contribution in [3.63, 3.8) is 0 Å². The van der Waals surface area contributed by atoms with Gasteiger partial charge >= 0.3 is 23.9 Å². The highest BCUT2D eigenvalue weighted by Gasteiger charge is 2.38. The maximum Gasteiger partial charge on any atom is 0.305 e. The molecule has 0 aromatic rings. The molecule has 0 aromatic heterocycles. The van der Waals surface area contributed by atoms with Crippen LogP contribution in [-0.4, -0.2) is 75.8 Å². The second-order valence-electron chi connectivity index (χ2n) is 22.4. The summed E-state index contributed by atoms with van der Waals surface area (Å²) in [5.74, 6) is -1.44. The topological polar surface area (TPSA) is 108 Å². The fourth-order valence-electron chi connectivity index (χ4n) is 9.19. The minimum Gasteiger partial charge on any atom is -0.465 e. The molecule has 0 heterocycles. The molecule has 0 aliphatic carbocycles. The number of allylic oxidation sites excluding steroid dienone is 6. The average molecular weight is 1060 g/mol. The third kappa shape index (κ3) is 54.2. The van der Waals surface area contributed by atoms with E-state index in [1.165, 1.54) is 135 Å². The lowest BCUT2D eigenvalue weighted by Gasteiger charge is -2.31. The third-order valence-electron chi connectivity index (χ3n) is 14.3. The number of ether oxygens (including phenoxy) is 4. The van der Waals surface area contributed by atoms with Crippen molar-refractivity contribution in [1.82, 2.24) is 4.90 Å². The van der Waals surface area contributed by atoms with Gasteiger partial charge in [-0.05, 0) is 130 Å². The van der Waals surface area contributed by atoms with Crippen LogP contribution in [0.2, 0.25) is 0 Å². The number of carbonyl (C=O) groups is 4. The van der Waals surface area contributed by atoms with E-state index in [-0.39, 0.29) is 76.0 Å². The lowest BCUT2D eigenvalue weighted by atomic mass is 9.92. The van der Waals surface area contributed by atoms with Crippen LogP contribution in [0.25, 0.3) is 0 Å². The molecule has 0 saturated carbocycles. The first-order valence-electron chi connectivity index (χ1n) is 31.9. The van der Waals surface area contributed by atoms with Crippen molar-refractivity contribution in [3.05, 3.63) is 36.5 Å². The minimum atomic E-state index is -1.23. The van der Waals surface area contributed by atoms with Crippen molar-refractivity contribution in [2.24, 2.45) is 5.41 Å². The summed E-state index contributed by atoms with van der Waals surface area (Å²) < 4.78 is 23.5. The van der Waals surface area contributed by atoms with Gasteiger partial charge in [-0.2, -0.15) is 0 Å². The van der Waals surface area contributed by atoms with Crippen molar-refractivity contribution >= 4 is 23.9 Å². The SMILES string of the molecule is CCCCCCCC/C=C\CCCCCCCC(=O)OCC(COC(=O)CCCCCCC/C=C\CCCCCCCC)(COC(=O)CCCCCCC/C=C\CCCCCCCC)COC(=O)CCCCN(C)C. The molecule has 9 nitrogen and oxygen atoms in total. The summed E-state index contributed by atoms with van der Waals surface area (Å²) in [5, 5.41) is 0. The van der Waals surface area contributed by atoms with Crippen LogP contribution < -0.4 is 0 Å². The predicted molar refractivity (Wildman–Crippen MR) is 317 cm³/mol. The van der Waals surface area contributed by atoms with Crippen molar-refractivity contribution in [3.8, 4) is 0 Å². The molecule has 0 aliphatic heterocycles. The highest BCUT2D eigenvalue weighted by Crippen LogP contribution is 2.24. The zero-order chi connectivity index (χ0) is 54.8. The van der Waals surface area contributed by atoms with Crippen LogP contribution >= 0.6 is 0 Å². The van der Waals surface area contributed by atoms with Crippen LogP contribution in [0.4, 0.5) is 0 Å². The summed E-state index contributed by atoms with van der Waals surface area (Å²) in [7, 11) is 4.01. The third-order valence-corrected chi connectivity index (χ3v) is 14.3. The van der Waals surface area contributed by atoms with Crippen LogP contribution in [0.3, 0.4) is 0 Å². The molecule has 438 valence electrons. The van der Waals surface area contributed by atoms with E-state index in [9.17, 15) is 19.2 Å². The molecule has 0 N–H and O–H groups in total. The molecule has 0 spiro atoms. The van der Waals surface area contributed by atoms with Gasteiger partial charge in [-0.3, -0.25) is 19.2 Å². The molecule has 0 unspecified atom stereocenters. The Hall–Kier alpha value is -2.94. The van der Waals surface area contributed by atoms with Crippen LogP contribution in [0, 0.1) is 5.41 Å². The number of nitrogens with zero attached hydrogens (tertiary/aromatic N) is 1. The van der Waals surface area contributed by atoms with Crippen LogP contribution in [-0.2, 0) is 38.1 Å². The molecular weight excluding hydrogens is 935 g/mol. The number of hydrogen-bond acceptors (Lipinski definition) is 9. The van der Waals surface area contributed by atoms with E-state index < -0.39 is 5.41 Å². The van der Waals surface area contributed by atoms with E-state index in [0.717, 1.165) is 129 Å². The molecule has 0 bridgehead atoms. The molecule has 0 radical (unpaired) electrons. The summed E-state index contributed by atoms with van der Waals surface area (Å²) in [6.07, 6.45) is 62.3. The molecule has 0 saturated heterocycles. The van der Waals surface area contributed by atoms with Gasteiger partial charge in [0.05, 0.1) is 0 Å². The molecule has 0 rings (SSSR count). The molecule has 0 fully saturated rings. The molecular formula is C66H121NO8. The van der Waals surface area contributed by atoms with Gasteiger partial charge in [0.1, 0.15) is 31.8 Å². The van der Waals surface area contributed by atoms with Crippen LogP contribution in [0.5, 0.6) is 0 Å². The summed E-state index contributed by atoms with van der Waals surface area (Å²) in [6.45, 7) is 6.88. The van der Waals surface area contributed by atoms with Crippen molar-refractivity contribution in [2.75, 3.05) is 47.1 Å². The normalized spacial score (nSPS) is 12.0. The van der Waals surface area contributed by atoms with E-state index in [2.05, 4.69) is 62.1 Å². The highest BCUT2D eigenvalue weighted by atomic mass is 16.6. The van der Waals surface area contributed by atoms with Gasteiger partial charge in [0.15, 0.2) is 0 Å². The van der Waals surface area contributed by atoms with Crippen molar-refractivity contribution in [1.29, 1.82) is 0 Å². The zero-order valence-corrected chi connectivity index (χ0v) is 50.0. The zero-order valence-electron chi connectivity index (χ0n) is 50.0. The molecule has 9 heteroatoms. The predicted octanol–water partition coefficient (Wildman–Crippen LogP) is 19.0. The standard InChI is InChI=1S/C66H121NO8/c1-6-9-12-15-18-21-24-27-30-33-36-39-42-45-48-53-62(68)72-58-66(61-75-65(71)56-51-52-57-67(4)5,59-73-63(69)54-49-46-43-40-37-34-31-28-25-22-19-16-13-10-7-2)60-74-64(70)55-50-47-44-41-38-35-32-29-26-23-20-17-14-11-8-3/h27-32H,6-26,33-61H2,1-5H3/b30-27-,31-28-,32-29-. The van der Waals surface area contributed by atoms with E-state index in [4.69, 9.17) is 18.9 Å². The Bertz CT molecular complexity index is 1240. The number of rotatable bonds is 58. The number of esters is 4. The smallest absolute Gasteiger partial charge is 0.305 e. The van der Waals surface area contributed by atoms with Crippen LogP contribution in [0.1, 0.15) is 310 Å². The Morgan fingerprint density at radius 2 is 0.493 bits per heavy atom. The first-order chi connectivity index (χ1) is 36.7. The summed E-state index contributed by atoms with van der Waals surface area (Å²) in [5.41, 5.74) is -1.23.